The molecule has 1 heterocycles. The number of aryl methyl sites for hydroxylation is 1. The summed E-state index contributed by atoms with van der Waals surface area (Å²) in [6.45, 7) is 2.04. The zero-order valence-electron chi connectivity index (χ0n) is 5.41. The van der Waals surface area contributed by atoms with Gasteiger partial charge >= 0.3 is 0 Å². The molecular weight excluding hydrogens is 114 g/mol. The van der Waals surface area contributed by atoms with Crippen molar-refractivity contribution in [1.29, 1.82) is 0 Å². The molecule has 1 saturated carbocycles. The van der Waals surface area contributed by atoms with E-state index in [0.717, 1.165) is 0 Å². The highest BCUT2D eigenvalue weighted by Crippen LogP contribution is 2.34. The minimum absolute atomic E-state index is 0.674. The predicted molar refractivity (Wildman–Crippen MR) is 33.0 cm³/mol. The van der Waals surface area contributed by atoms with Crippen LogP contribution in [0.1, 0.15) is 24.6 Å². The molecule has 2 rings (SSSR count). The molecule has 0 atom stereocenters. The summed E-state index contributed by atoms with van der Waals surface area (Å²) in [5.41, 5.74) is 1.18. The van der Waals surface area contributed by atoms with Crippen LogP contribution in [0, 0.1) is 6.92 Å². The lowest BCUT2D eigenvalue weighted by atomic mass is 10.5. The molecule has 48 valence electrons. The molecule has 0 radical (unpaired) electrons. The van der Waals surface area contributed by atoms with Crippen LogP contribution in [0.4, 0.5) is 0 Å². The summed E-state index contributed by atoms with van der Waals surface area (Å²) in [5.74, 6) is 0. The van der Waals surface area contributed by atoms with Gasteiger partial charge in [-0.2, -0.15) is 0 Å². The van der Waals surface area contributed by atoms with E-state index in [1.54, 1.807) is 6.20 Å². The van der Waals surface area contributed by atoms with Crippen LogP contribution in [0.2, 0.25) is 0 Å². The highest BCUT2D eigenvalue weighted by Gasteiger charge is 2.25. The van der Waals surface area contributed by atoms with Crippen LogP contribution in [-0.2, 0) is 0 Å². The number of aromatic nitrogens is 3. The molecular formula is C6H9N3. The first-order chi connectivity index (χ1) is 4.38. The van der Waals surface area contributed by atoms with Crippen molar-refractivity contribution in [2.75, 3.05) is 0 Å². The van der Waals surface area contributed by atoms with Gasteiger partial charge in [-0.3, -0.25) is 0 Å². The highest BCUT2D eigenvalue weighted by molar-refractivity contribution is 4.94. The zero-order valence-corrected chi connectivity index (χ0v) is 5.41. The Morgan fingerprint density at radius 3 is 2.89 bits per heavy atom. The lowest BCUT2D eigenvalue weighted by Crippen LogP contribution is -1.97. The van der Waals surface area contributed by atoms with Crippen molar-refractivity contribution >= 4 is 0 Å². The summed E-state index contributed by atoms with van der Waals surface area (Å²) in [4.78, 5) is 0. The van der Waals surface area contributed by atoms with Crippen molar-refractivity contribution in [3.63, 3.8) is 0 Å². The molecule has 1 aliphatic rings. The fourth-order valence-electron chi connectivity index (χ4n) is 0.975. The Kier molecular flexibility index (Phi) is 0.860. The third-order valence-electron chi connectivity index (χ3n) is 1.65. The van der Waals surface area contributed by atoms with E-state index in [9.17, 15) is 0 Å². The van der Waals surface area contributed by atoms with Gasteiger partial charge in [-0.15, -0.1) is 5.10 Å². The second-order valence-corrected chi connectivity index (χ2v) is 2.55. The maximum atomic E-state index is 3.94. The van der Waals surface area contributed by atoms with Gasteiger partial charge in [0, 0.05) is 0 Å². The molecule has 3 nitrogen and oxygen atoms in total. The van der Waals surface area contributed by atoms with Crippen molar-refractivity contribution in [2.24, 2.45) is 0 Å². The van der Waals surface area contributed by atoms with Gasteiger partial charge in [-0.25, -0.2) is 4.68 Å². The molecule has 0 spiro atoms. The predicted octanol–water partition coefficient (Wildman–Crippen LogP) is 0.921. The summed E-state index contributed by atoms with van der Waals surface area (Å²) in [6.07, 6.45) is 4.37. The van der Waals surface area contributed by atoms with Crippen LogP contribution in [0.15, 0.2) is 6.20 Å². The molecule has 0 aromatic carbocycles. The van der Waals surface area contributed by atoms with Gasteiger partial charge in [0.15, 0.2) is 0 Å². The summed E-state index contributed by atoms with van der Waals surface area (Å²) in [6, 6.07) is 0.674. The molecule has 0 bridgehead atoms. The minimum Gasteiger partial charge on any atom is -0.247 e. The highest BCUT2D eigenvalue weighted by atomic mass is 15.4. The molecule has 9 heavy (non-hydrogen) atoms. The van der Waals surface area contributed by atoms with Crippen molar-refractivity contribution < 1.29 is 0 Å². The second kappa shape index (κ2) is 1.56. The van der Waals surface area contributed by atoms with Crippen molar-refractivity contribution in [2.45, 2.75) is 25.8 Å². The van der Waals surface area contributed by atoms with Crippen LogP contribution in [0.25, 0.3) is 0 Å². The quantitative estimate of drug-likeness (QED) is 0.556. The number of rotatable bonds is 1. The normalized spacial score (nSPS) is 18.3. The Bertz CT molecular complexity index is 212. The Morgan fingerprint density at radius 2 is 2.44 bits per heavy atom. The second-order valence-electron chi connectivity index (χ2n) is 2.55. The van der Waals surface area contributed by atoms with E-state index < -0.39 is 0 Å². The molecule has 0 unspecified atom stereocenters. The molecule has 0 N–H and O–H groups in total. The van der Waals surface area contributed by atoms with Crippen LogP contribution in [-0.4, -0.2) is 15.0 Å². The van der Waals surface area contributed by atoms with Crippen LogP contribution < -0.4 is 0 Å². The lowest BCUT2D eigenvalue weighted by molar-refractivity contribution is 0.595. The summed E-state index contributed by atoms with van der Waals surface area (Å²) >= 11 is 0. The van der Waals surface area contributed by atoms with Crippen LogP contribution >= 0.6 is 0 Å². The molecule has 0 amide bonds. The summed E-state index contributed by atoms with van der Waals surface area (Å²) in [7, 11) is 0. The third-order valence-corrected chi connectivity index (χ3v) is 1.65. The van der Waals surface area contributed by atoms with E-state index >= 15 is 0 Å². The molecule has 3 heteroatoms. The zero-order chi connectivity index (χ0) is 6.27. The van der Waals surface area contributed by atoms with E-state index in [4.69, 9.17) is 0 Å². The topological polar surface area (TPSA) is 30.7 Å². The van der Waals surface area contributed by atoms with Gasteiger partial charge in [-0.05, 0) is 19.8 Å². The Morgan fingerprint density at radius 1 is 1.67 bits per heavy atom. The lowest BCUT2D eigenvalue weighted by Gasteiger charge is -1.95. The minimum atomic E-state index is 0.674. The van der Waals surface area contributed by atoms with Crippen molar-refractivity contribution in [1.82, 2.24) is 15.0 Å². The van der Waals surface area contributed by atoms with Gasteiger partial charge < -0.3 is 0 Å². The number of hydrogen-bond acceptors (Lipinski definition) is 2. The van der Waals surface area contributed by atoms with E-state index in [1.165, 1.54) is 18.5 Å². The Labute approximate surface area is 53.7 Å². The maximum Gasteiger partial charge on any atom is 0.0722 e. The SMILES string of the molecule is Cc1cnnn1C1CC1. The first-order valence-corrected chi connectivity index (χ1v) is 3.25. The standard InChI is InChI=1S/C6H9N3/c1-5-4-7-8-9(5)6-2-3-6/h4,6H,2-3H2,1H3. The molecule has 0 aliphatic heterocycles. The third kappa shape index (κ3) is 0.724. The molecule has 1 fully saturated rings. The van der Waals surface area contributed by atoms with E-state index in [0.29, 0.717) is 6.04 Å². The van der Waals surface area contributed by atoms with Gasteiger partial charge in [0.2, 0.25) is 0 Å². The Balaban J connectivity index is 2.35. The smallest absolute Gasteiger partial charge is 0.0722 e. The van der Waals surface area contributed by atoms with Crippen molar-refractivity contribution in [3.05, 3.63) is 11.9 Å². The average molecular weight is 123 g/mol. The van der Waals surface area contributed by atoms with Crippen molar-refractivity contribution in [3.8, 4) is 0 Å². The van der Waals surface area contributed by atoms with Gasteiger partial charge in [0.25, 0.3) is 0 Å². The fourth-order valence-corrected chi connectivity index (χ4v) is 0.975. The van der Waals surface area contributed by atoms with Crippen LogP contribution in [0.3, 0.4) is 0 Å². The van der Waals surface area contributed by atoms with Gasteiger partial charge in [0.1, 0.15) is 0 Å². The summed E-state index contributed by atoms with van der Waals surface area (Å²) in [5, 5.41) is 7.74. The molecule has 1 aromatic rings. The fraction of sp³-hybridized carbons (Fsp3) is 0.667. The van der Waals surface area contributed by atoms with E-state index in [2.05, 4.69) is 10.3 Å². The number of nitrogens with zero attached hydrogens (tertiary/aromatic N) is 3. The molecule has 1 aromatic heterocycles. The maximum absolute atomic E-state index is 3.94. The first-order valence-electron chi connectivity index (χ1n) is 3.25. The summed E-state index contributed by atoms with van der Waals surface area (Å²) < 4.78 is 2.00. The van der Waals surface area contributed by atoms with E-state index in [1.807, 2.05) is 11.6 Å². The average Bonchev–Trinajstić information content (AvgIpc) is 2.58. The Hall–Kier alpha value is -0.860. The number of hydrogen-bond donors (Lipinski definition) is 0. The molecule has 0 saturated heterocycles. The van der Waals surface area contributed by atoms with E-state index in [-0.39, 0.29) is 0 Å². The monoisotopic (exact) mass is 123 g/mol. The largest absolute Gasteiger partial charge is 0.247 e. The first kappa shape index (κ1) is 4.97. The van der Waals surface area contributed by atoms with Gasteiger partial charge in [-0.1, -0.05) is 5.21 Å². The van der Waals surface area contributed by atoms with Crippen LogP contribution in [0.5, 0.6) is 0 Å². The van der Waals surface area contributed by atoms with Gasteiger partial charge in [0.05, 0.1) is 17.9 Å². The molecule has 1 aliphatic carbocycles.